The monoisotopic (exact) mass is 341 g/mol. The molecule has 0 unspecified atom stereocenters. The Labute approximate surface area is 147 Å². The Kier molecular flexibility index (Phi) is 5.23. The van der Waals surface area contributed by atoms with Crippen LogP contribution in [-0.2, 0) is 0 Å². The lowest BCUT2D eigenvalue weighted by Gasteiger charge is -2.23. The highest BCUT2D eigenvalue weighted by molar-refractivity contribution is 5.99. The summed E-state index contributed by atoms with van der Waals surface area (Å²) in [5.74, 6) is -0.828. The number of hydrogen-bond acceptors (Lipinski definition) is 4. The number of carbonyl (C=O) groups excluding carboxylic acids is 2. The minimum Gasteiger partial charge on any atom is -0.394 e. The maximum Gasteiger partial charge on any atom is 0.251 e. The fourth-order valence-corrected chi connectivity index (χ4v) is 2.31. The molecule has 0 saturated heterocycles. The van der Waals surface area contributed by atoms with E-state index >= 15 is 0 Å². The number of primary amides is 1. The molecule has 2 aromatic rings. The number of pyridine rings is 1. The first-order chi connectivity index (χ1) is 11.6. The zero-order chi connectivity index (χ0) is 18.8. The minimum atomic E-state index is -0.704. The van der Waals surface area contributed by atoms with Crippen LogP contribution in [0.4, 0.5) is 0 Å². The molecule has 0 aliphatic heterocycles. The predicted molar refractivity (Wildman–Crippen MR) is 96.3 cm³/mol. The molecule has 0 fully saturated rings. The Morgan fingerprint density at radius 2 is 1.80 bits per heavy atom. The number of nitrogens with zero attached hydrogens (tertiary/aromatic N) is 1. The fourth-order valence-electron chi connectivity index (χ4n) is 2.31. The summed E-state index contributed by atoms with van der Waals surface area (Å²) in [4.78, 5) is 28.4. The lowest BCUT2D eigenvalue weighted by atomic mass is 10.0. The van der Waals surface area contributed by atoms with E-state index in [-0.39, 0.29) is 12.5 Å². The van der Waals surface area contributed by atoms with Gasteiger partial charge in [0.25, 0.3) is 11.8 Å². The molecule has 0 atom stereocenters. The van der Waals surface area contributed by atoms with Crippen molar-refractivity contribution in [3.05, 3.63) is 52.7 Å². The molecule has 0 spiro atoms. The van der Waals surface area contributed by atoms with Gasteiger partial charge in [-0.2, -0.15) is 0 Å². The summed E-state index contributed by atoms with van der Waals surface area (Å²) in [6, 6.07) is 8.48. The van der Waals surface area contributed by atoms with Crippen molar-refractivity contribution in [3.63, 3.8) is 0 Å². The molecule has 25 heavy (non-hydrogen) atoms. The van der Waals surface area contributed by atoms with Crippen molar-refractivity contribution in [2.45, 2.75) is 33.2 Å². The van der Waals surface area contributed by atoms with Gasteiger partial charge in [0.2, 0.25) is 0 Å². The lowest BCUT2D eigenvalue weighted by molar-refractivity contribution is 0.0869. The summed E-state index contributed by atoms with van der Waals surface area (Å²) in [5, 5.41) is 12.0. The largest absolute Gasteiger partial charge is 0.394 e. The number of amides is 2. The fraction of sp³-hybridized carbons (Fsp3) is 0.316. The zero-order valence-electron chi connectivity index (χ0n) is 14.9. The van der Waals surface area contributed by atoms with Gasteiger partial charge in [-0.25, -0.2) is 0 Å². The third-order valence-electron chi connectivity index (χ3n) is 4.00. The van der Waals surface area contributed by atoms with Gasteiger partial charge in [-0.15, -0.1) is 0 Å². The topological polar surface area (TPSA) is 105 Å². The Hall–Kier alpha value is -2.73. The average Bonchev–Trinajstić information content (AvgIpc) is 2.56. The molecule has 0 bridgehead atoms. The molecule has 132 valence electrons. The first-order valence-electron chi connectivity index (χ1n) is 7.96. The highest BCUT2D eigenvalue weighted by atomic mass is 16.3. The van der Waals surface area contributed by atoms with E-state index in [0.29, 0.717) is 22.4 Å². The Balaban J connectivity index is 2.36. The second kappa shape index (κ2) is 7.03. The molecule has 0 radical (unpaired) electrons. The summed E-state index contributed by atoms with van der Waals surface area (Å²) in [5.41, 5.74) is 8.47. The van der Waals surface area contributed by atoms with Crippen LogP contribution in [0.3, 0.4) is 0 Å². The lowest BCUT2D eigenvalue weighted by Crippen LogP contribution is -2.46. The summed E-state index contributed by atoms with van der Waals surface area (Å²) in [6.45, 7) is 7.04. The molecule has 1 aromatic carbocycles. The van der Waals surface area contributed by atoms with Crippen LogP contribution in [-0.4, -0.2) is 34.1 Å². The first-order valence-corrected chi connectivity index (χ1v) is 7.96. The van der Waals surface area contributed by atoms with E-state index in [1.807, 2.05) is 13.8 Å². The maximum atomic E-state index is 12.2. The molecule has 1 heterocycles. The van der Waals surface area contributed by atoms with E-state index in [4.69, 9.17) is 5.73 Å². The number of rotatable bonds is 5. The number of aryl methyl sites for hydroxylation is 2. The molecule has 0 aliphatic carbocycles. The molecule has 0 saturated carbocycles. The molecular weight excluding hydrogens is 318 g/mol. The quantitative estimate of drug-likeness (QED) is 0.773. The molecule has 1 aromatic heterocycles. The smallest absolute Gasteiger partial charge is 0.251 e. The second-order valence-corrected chi connectivity index (χ2v) is 6.72. The summed E-state index contributed by atoms with van der Waals surface area (Å²) in [6.07, 6.45) is 0. The van der Waals surface area contributed by atoms with Crippen molar-refractivity contribution in [2.24, 2.45) is 5.73 Å². The Morgan fingerprint density at radius 1 is 1.20 bits per heavy atom. The van der Waals surface area contributed by atoms with Gasteiger partial charge in [0.1, 0.15) is 0 Å². The van der Waals surface area contributed by atoms with E-state index < -0.39 is 11.4 Å². The van der Waals surface area contributed by atoms with Crippen LogP contribution in [0.1, 0.15) is 45.8 Å². The van der Waals surface area contributed by atoms with Crippen molar-refractivity contribution in [1.82, 2.24) is 10.3 Å². The van der Waals surface area contributed by atoms with Crippen LogP contribution in [0.15, 0.2) is 30.3 Å². The van der Waals surface area contributed by atoms with Gasteiger partial charge in [-0.05, 0) is 51.5 Å². The summed E-state index contributed by atoms with van der Waals surface area (Å²) < 4.78 is 0. The Bertz CT molecular complexity index is 811. The molecule has 4 N–H and O–H groups in total. The van der Waals surface area contributed by atoms with Gasteiger partial charge in [0.05, 0.1) is 23.4 Å². The summed E-state index contributed by atoms with van der Waals surface area (Å²) >= 11 is 0. The molecule has 0 aliphatic rings. The van der Waals surface area contributed by atoms with Crippen LogP contribution in [0.2, 0.25) is 0 Å². The van der Waals surface area contributed by atoms with Crippen LogP contribution in [0.25, 0.3) is 11.3 Å². The van der Waals surface area contributed by atoms with E-state index in [1.165, 1.54) is 0 Å². The average molecular weight is 341 g/mol. The molecular formula is C19H23N3O3. The van der Waals surface area contributed by atoms with Crippen molar-refractivity contribution in [2.75, 3.05) is 6.61 Å². The number of nitrogens with one attached hydrogen (secondary N) is 1. The van der Waals surface area contributed by atoms with Gasteiger partial charge in [-0.3, -0.25) is 14.6 Å². The van der Waals surface area contributed by atoms with Crippen molar-refractivity contribution in [3.8, 4) is 11.3 Å². The van der Waals surface area contributed by atoms with Crippen molar-refractivity contribution >= 4 is 11.8 Å². The van der Waals surface area contributed by atoms with E-state index in [1.54, 1.807) is 44.2 Å². The van der Waals surface area contributed by atoms with Crippen molar-refractivity contribution < 1.29 is 14.7 Å². The number of nitrogens with two attached hydrogens (primary N) is 1. The zero-order valence-corrected chi connectivity index (χ0v) is 14.9. The number of aromatic nitrogens is 1. The number of hydrogen-bond donors (Lipinski definition) is 3. The third kappa shape index (κ3) is 4.22. The van der Waals surface area contributed by atoms with Gasteiger partial charge in [0.15, 0.2) is 0 Å². The third-order valence-corrected chi connectivity index (χ3v) is 4.00. The highest BCUT2D eigenvalue weighted by Crippen LogP contribution is 2.24. The predicted octanol–water partition coefficient (Wildman–Crippen LogP) is 1.97. The van der Waals surface area contributed by atoms with Crippen LogP contribution in [0.5, 0.6) is 0 Å². The molecule has 2 rings (SSSR count). The summed E-state index contributed by atoms with van der Waals surface area (Å²) in [7, 11) is 0. The molecule has 6 heteroatoms. The van der Waals surface area contributed by atoms with E-state index in [9.17, 15) is 14.7 Å². The maximum absolute atomic E-state index is 12.2. The van der Waals surface area contributed by atoms with Gasteiger partial charge in [0, 0.05) is 16.8 Å². The van der Waals surface area contributed by atoms with Crippen LogP contribution in [0, 0.1) is 13.8 Å². The number of aliphatic hydroxyl groups excluding tert-OH is 1. The van der Waals surface area contributed by atoms with E-state index in [2.05, 4.69) is 10.3 Å². The van der Waals surface area contributed by atoms with Gasteiger partial charge >= 0.3 is 0 Å². The first kappa shape index (κ1) is 18.6. The van der Waals surface area contributed by atoms with Crippen molar-refractivity contribution in [1.29, 1.82) is 0 Å². The normalized spacial score (nSPS) is 11.2. The number of aliphatic hydroxyl groups is 1. The standard InChI is InChI=1S/C19H23N3O3/c1-11-9-15(17(20)24)16(21-12(11)2)13-5-7-14(8-6-13)18(25)22-19(3,4)10-23/h5-9,23H,10H2,1-4H3,(H2,20,24)(H,22,25). The number of benzene rings is 1. The molecule has 6 nitrogen and oxygen atoms in total. The van der Waals surface area contributed by atoms with Gasteiger partial charge < -0.3 is 16.2 Å². The highest BCUT2D eigenvalue weighted by Gasteiger charge is 2.20. The van der Waals surface area contributed by atoms with Crippen LogP contribution >= 0.6 is 0 Å². The van der Waals surface area contributed by atoms with E-state index in [0.717, 1.165) is 11.3 Å². The van der Waals surface area contributed by atoms with Crippen LogP contribution < -0.4 is 11.1 Å². The minimum absolute atomic E-state index is 0.161. The SMILES string of the molecule is Cc1cc(C(N)=O)c(-c2ccc(C(=O)NC(C)(C)CO)cc2)nc1C. The second-order valence-electron chi connectivity index (χ2n) is 6.72. The Morgan fingerprint density at radius 3 is 2.32 bits per heavy atom. The number of carbonyl (C=O) groups is 2. The van der Waals surface area contributed by atoms with Gasteiger partial charge in [-0.1, -0.05) is 12.1 Å². The molecule has 2 amide bonds.